The highest BCUT2D eigenvalue weighted by Gasteiger charge is 2.38. The van der Waals surface area contributed by atoms with Crippen molar-refractivity contribution in [3.05, 3.63) is 35.7 Å². The number of benzene rings is 1. The van der Waals surface area contributed by atoms with Crippen LogP contribution in [0.15, 0.2) is 28.8 Å². The van der Waals surface area contributed by atoms with Crippen molar-refractivity contribution in [2.45, 2.75) is 33.0 Å². The largest absolute Gasteiger partial charge is 0.471 e. The van der Waals surface area contributed by atoms with Crippen LogP contribution in [0.5, 0.6) is 0 Å². The van der Waals surface area contributed by atoms with Gasteiger partial charge in [0.05, 0.1) is 0 Å². The summed E-state index contributed by atoms with van der Waals surface area (Å²) >= 11 is 0. The number of hydrogen-bond acceptors (Lipinski definition) is 4. The average Bonchev–Trinajstić information content (AvgIpc) is 3.09. The van der Waals surface area contributed by atoms with Gasteiger partial charge in [-0.1, -0.05) is 43.3 Å². The van der Waals surface area contributed by atoms with E-state index in [0.29, 0.717) is 24.8 Å². The summed E-state index contributed by atoms with van der Waals surface area (Å²) in [5.41, 5.74) is 1.25. The van der Waals surface area contributed by atoms with Crippen molar-refractivity contribution >= 4 is 7.44 Å². The summed E-state index contributed by atoms with van der Waals surface area (Å²) in [6, 6.07) is 6.62. The molecule has 1 heterocycles. The van der Waals surface area contributed by atoms with Crippen LogP contribution in [-0.2, 0) is 17.3 Å². The van der Waals surface area contributed by atoms with Gasteiger partial charge in [-0.05, 0) is 12.0 Å². The first-order valence-corrected chi connectivity index (χ1v) is 9.76. The second kappa shape index (κ2) is 8.12. The molecule has 0 saturated carbocycles. The average molecular weight is 376 g/mol. The molecule has 1 unspecified atom stereocenters. The number of hydrogen-bond donors (Lipinski definition) is 2. The second-order valence-electron chi connectivity index (χ2n) is 5.42. The van der Waals surface area contributed by atoms with Crippen LogP contribution in [0.2, 0.25) is 0 Å². The molecule has 2 rings (SSSR count). The number of nitrogens with zero attached hydrogens (tertiary/aromatic N) is 2. The molecule has 2 N–H and O–H groups in total. The Morgan fingerprint density at radius 2 is 1.84 bits per heavy atom. The maximum Gasteiger partial charge on any atom is 0.471 e. The molecule has 0 aliphatic carbocycles. The van der Waals surface area contributed by atoms with E-state index < -0.39 is 19.5 Å². The van der Waals surface area contributed by atoms with Crippen LogP contribution in [-0.4, -0.2) is 22.8 Å². The molecule has 1 aromatic heterocycles. The molecule has 0 bridgehead atoms. The van der Waals surface area contributed by atoms with Gasteiger partial charge >= 0.3 is 12.1 Å². The highest BCUT2D eigenvalue weighted by Crippen LogP contribution is 2.35. The fourth-order valence-electron chi connectivity index (χ4n) is 2.02. The van der Waals surface area contributed by atoms with E-state index in [4.69, 9.17) is 0 Å². The Labute approximate surface area is 143 Å². The number of rotatable bonds is 8. The summed E-state index contributed by atoms with van der Waals surface area (Å²) in [6.07, 6.45) is -3.30. The van der Waals surface area contributed by atoms with Crippen molar-refractivity contribution in [2.24, 2.45) is 0 Å². The highest BCUT2D eigenvalue weighted by atomic mass is 31.2. The van der Waals surface area contributed by atoms with Crippen LogP contribution < -0.4 is 10.2 Å². The summed E-state index contributed by atoms with van der Waals surface area (Å²) in [5.74, 6) is -1.50. The molecule has 0 spiro atoms. The monoisotopic (exact) mass is 376 g/mol. The molecule has 0 amide bonds. The van der Waals surface area contributed by atoms with Crippen LogP contribution in [0.4, 0.5) is 13.2 Å². The lowest BCUT2D eigenvalue weighted by molar-refractivity contribution is -0.159. The van der Waals surface area contributed by atoms with Gasteiger partial charge in [-0.25, -0.2) is 0 Å². The molecule has 1 atom stereocenters. The Morgan fingerprint density at radius 1 is 1.16 bits per heavy atom. The van der Waals surface area contributed by atoms with Crippen molar-refractivity contribution in [1.29, 1.82) is 0 Å². The first-order chi connectivity index (χ1) is 11.8. The Hall–Kier alpha value is -1.70. The third-order valence-electron chi connectivity index (χ3n) is 3.48. The Morgan fingerprint density at radius 3 is 2.36 bits per heavy atom. The fourth-order valence-corrected chi connectivity index (χ4v) is 3.60. The van der Waals surface area contributed by atoms with Crippen molar-refractivity contribution in [3.8, 4) is 11.4 Å². The molecule has 0 fully saturated rings. The van der Waals surface area contributed by atoms with Gasteiger partial charge < -0.3 is 4.52 Å². The van der Waals surface area contributed by atoms with Gasteiger partial charge in [-0.15, -0.1) is 0 Å². The number of halogens is 3. The van der Waals surface area contributed by atoms with E-state index in [9.17, 15) is 17.7 Å². The van der Waals surface area contributed by atoms with Gasteiger partial charge in [-0.2, -0.15) is 18.2 Å². The Balaban J connectivity index is 2.02. The molecule has 10 heteroatoms. The summed E-state index contributed by atoms with van der Waals surface area (Å²) in [4.78, 5) is 3.34. The minimum Gasteiger partial charge on any atom is -0.329 e. The van der Waals surface area contributed by atoms with E-state index in [-0.39, 0.29) is 5.82 Å². The highest BCUT2D eigenvalue weighted by molar-refractivity contribution is 7.59. The van der Waals surface area contributed by atoms with E-state index in [1.807, 2.05) is 13.8 Å². The third-order valence-corrected chi connectivity index (χ3v) is 5.78. The quantitative estimate of drug-likeness (QED) is 0.677. The minimum absolute atomic E-state index is 0.129. The van der Waals surface area contributed by atoms with E-state index >= 15 is 0 Å². The lowest BCUT2D eigenvalue weighted by Crippen LogP contribution is -2.24. The normalized spacial score (nSPS) is 14.4. The first kappa shape index (κ1) is 19.6. The molecular formula is C15H20F3N4O2P. The van der Waals surface area contributed by atoms with Crippen molar-refractivity contribution in [3.63, 3.8) is 0 Å². The lowest BCUT2D eigenvalue weighted by Gasteiger charge is -2.19. The van der Waals surface area contributed by atoms with E-state index in [0.717, 1.165) is 12.0 Å². The standard InChI is InChI=1S/C15H20F3N4O2P/c1-3-9-19-25(23,4-2)20-10-11-5-7-12(8-6-11)13-21-14(24-22-13)15(16,17)18/h5-8H,3-4,9-10H2,1-2H3,(H2,19,20,23). The Kier molecular flexibility index (Phi) is 6.37. The minimum atomic E-state index is -4.66. The topological polar surface area (TPSA) is 80.0 Å². The second-order valence-corrected chi connectivity index (χ2v) is 8.16. The van der Waals surface area contributed by atoms with Gasteiger partial charge in [0, 0.05) is 24.8 Å². The van der Waals surface area contributed by atoms with E-state index in [1.165, 1.54) is 0 Å². The predicted octanol–water partition coefficient (Wildman–Crippen LogP) is 4.06. The molecular weight excluding hydrogens is 356 g/mol. The summed E-state index contributed by atoms with van der Waals surface area (Å²) in [6.45, 7) is 4.88. The third kappa shape index (κ3) is 5.39. The molecule has 1 aromatic carbocycles. The maximum absolute atomic E-state index is 12.5. The smallest absolute Gasteiger partial charge is 0.329 e. The number of nitrogens with one attached hydrogen (secondary N) is 2. The zero-order valence-corrected chi connectivity index (χ0v) is 14.8. The summed E-state index contributed by atoms with van der Waals surface area (Å²) < 4.78 is 54.2. The van der Waals surface area contributed by atoms with Crippen LogP contribution in [0, 0.1) is 0 Å². The van der Waals surface area contributed by atoms with Crippen molar-refractivity contribution in [2.75, 3.05) is 12.7 Å². The predicted molar refractivity (Wildman–Crippen MR) is 88.0 cm³/mol. The van der Waals surface area contributed by atoms with Crippen LogP contribution >= 0.6 is 7.44 Å². The number of aromatic nitrogens is 2. The molecule has 6 nitrogen and oxygen atoms in total. The lowest BCUT2D eigenvalue weighted by atomic mass is 10.1. The molecule has 2 aromatic rings. The van der Waals surface area contributed by atoms with E-state index in [1.54, 1.807) is 24.3 Å². The molecule has 0 saturated heterocycles. The SMILES string of the molecule is CCCNP(=O)(CC)NCc1ccc(-c2noc(C(F)(F)F)n2)cc1. The molecule has 0 radical (unpaired) electrons. The zero-order chi connectivity index (χ0) is 18.5. The fraction of sp³-hybridized carbons (Fsp3) is 0.467. The van der Waals surface area contributed by atoms with E-state index in [2.05, 4.69) is 24.8 Å². The van der Waals surface area contributed by atoms with Crippen molar-refractivity contribution in [1.82, 2.24) is 20.3 Å². The van der Waals surface area contributed by atoms with Gasteiger partial charge in [0.2, 0.25) is 13.3 Å². The van der Waals surface area contributed by atoms with Crippen molar-refractivity contribution < 1.29 is 22.3 Å². The maximum atomic E-state index is 12.5. The summed E-state index contributed by atoms with van der Waals surface area (Å²) in [5, 5.41) is 9.39. The van der Waals surface area contributed by atoms with Crippen LogP contribution in [0.1, 0.15) is 31.7 Å². The first-order valence-electron chi connectivity index (χ1n) is 7.87. The Bertz CT molecular complexity index is 731. The summed E-state index contributed by atoms with van der Waals surface area (Å²) in [7, 11) is -2.63. The van der Waals surface area contributed by atoms with Gasteiger partial charge in [0.15, 0.2) is 0 Å². The van der Waals surface area contributed by atoms with Crippen LogP contribution in [0.25, 0.3) is 11.4 Å². The van der Waals surface area contributed by atoms with Gasteiger partial charge in [-0.3, -0.25) is 14.7 Å². The van der Waals surface area contributed by atoms with Gasteiger partial charge in [0.25, 0.3) is 0 Å². The zero-order valence-electron chi connectivity index (χ0n) is 13.9. The molecule has 25 heavy (non-hydrogen) atoms. The number of alkyl halides is 3. The van der Waals surface area contributed by atoms with Gasteiger partial charge in [0.1, 0.15) is 0 Å². The molecule has 0 aliphatic heterocycles. The molecule has 0 aliphatic rings. The van der Waals surface area contributed by atoms with Crippen LogP contribution in [0.3, 0.4) is 0 Å². The molecule has 138 valence electrons.